The minimum absolute atomic E-state index is 0.00720. The second kappa shape index (κ2) is 7.94. The molecule has 0 aliphatic rings. The summed E-state index contributed by atoms with van der Waals surface area (Å²) in [6.45, 7) is 1.97. The molecule has 6 heteroatoms. The molecule has 0 unspecified atom stereocenters. The minimum Gasteiger partial charge on any atom is -0.350 e. The molecule has 25 heavy (non-hydrogen) atoms. The average Bonchev–Trinajstić information content (AvgIpc) is 3.16. The van der Waals surface area contributed by atoms with Crippen LogP contribution < -0.4 is 5.32 Å². The van der Waals surface area contributed by atoms with Gasteiger partial charge in [0, 0.05) is 11.4 Å². The number of benzene rings is 2. The number of carbonyl (C=O) groups is 1. The topological polar surface area (TPSA) is 59.8 Å². The molecule has 0 fully saturated rings. The summed E-state index contributed by atoms with van der Waals surface area (Å²) in [6.07, 6.45) is 4.18. The summed E-state index contributed by atoms with van der Waals surface area (Å²) in [6, 6.07) is 15.4. The number of halogens is 1. The molecular weight excluding hydrogens is 336 g/mol. The number of aryl methyl sites for hydroxylation is 1. The molecule has 128 valence electrons. The largest absolute Gasteiger partial charge is 0.350 e. The Hall–Kier alpha value is -2.66. The van der Waals surface area contributed by atoms with Gasteiger partial charge >= 0.3 is 0 Å². The molecule has 3 aromatic rings. The highest BCUT2D eigenvalue weighted by molar-refractivity contribution is 6.31. The van der Waals surface area contributed by atoms with Crippen molar-refractivity contribution in [3.63, 3.8) is 0 Å². The van der Waals surface area contributed by atoms with E-state index in [1.807, 2.05) is 55.5 Å². The Morgan fingerprint density at radius 3 is 2.64 bits per heavy atom. The zero-order valence-corrected chi connectivity index (χ0v) is 14.6. The lowest BCUT2D eigenvalue weighted by atomic mass is 10.1. The molecule has 1 N–H and O–H groups in total. The lowest BCUT2D eigenvalue weighted by molar-refractivity contribution is -0.121. The smallest absolute Gasteiger partial charge is 0.220 e. The predicted molar refractivity (Wildman–Crippen MR) is 97.7 cm³/mol. The maximum absolute atomic E-state index is 12.2. The molecule has 0 radical (unpaired) electrons. The minimum atomic E-state index is -0.0662. The third kappa shape index (κ3) is 4.45. The van der Waals surface area contributed by atoms with Gasteiger partial charge in [0.1, 0.15) is 12.7 Å². The summed E-state index contributed by atoms with van der Waals surface area (Å²) in [5.74, 6) is 0.00720. The Labute approximate surface area is 151 Å². The SMILES string of the molecule is C[C@@H](NC(=O)CCc1ccccc1Cl)c1ccc(-n2cncn2)cc1. The molecule has 3 rings (SSSR count). The molecule has 5 nitrogen and oxygen atoms in total. The van der Waals surface area contributed by atoms with Crippen LogP contribution in [0.5, 0.6) is 0 Å². The van der Waals surface area contributed by atoms with Gasteiger partial charge in [0.25, 0.3) is 0 Å². The van der Waals surface area contributed by atoms with E-state index in [0.717, 1.165) is 16.8 Å². The molecule has 0 spiro atoms. The highest BCUT2D eigenvalue weighted by Gasteiger charge is 2.11. The zero-order valence-electron chi connectivity index (χ0n) is 13.9. The van der Waals surface area contributed by atoms with Gasteiger partial charge in [-0.2, -0.15) is 5.10 Å². The van der Waals surface area contributed by atoms with Crippen LogP contribution in [0.3, 0.4) is 0 Å². The van der Waals surface area contributed by atoms with Gasteiger partial charge in [0.2, 0.25) is 5.91 Å². The Bertz CT molecular complexity index is 831. The summed E-state index contributed by atoms with van der Waals surface area (Å²) in [4.78, 5) is 16.1. The maximum Gasteiger partial charge on any atom is 0.220 e. The normalized spacial score (nSPS) is 11.9. The van der Waals surface area contributed by atoms with Gasteiger partial charge in [-0.1, -0.05) is 41.9 Å². The fourth-order valence-corrected chi connectivity index (χ4v) is 2.83. The molecule has 1 heterocycles. The second-order valence-corrected chi connectivity index (χ2v) is 6.22. The lowest BCUT2D eigenvalue weighted by Gasteiger charge is -2.15. The molecule has 1 aromatic heterocycles. The Balaban J connectivity index is 1.55. The number of nitrogens with zero attached hydrogens (tertiary/aromatic N) is 3. The molecule has 0 saturated carbocycles. The molecule has 2 aromatic carbocycles. The number of amides is 1. The number of rotatable bonds is 6. The number of nitrogens with one attached hydrogen (secondary N) is 1. The van der Waals surface area contributed by atoms with Gasteiger partial charge in [-0.15, -0.1) is 0 Å². The third-order valence-corrected chi connectivity index (χ3v) is 4.40. The van der Waals surface area contributed by atoms with Crippen molar-refractivity contribution in [3.8, 4) is 5.69 Å². The van der Waals surface area contributed by atoms with Crippen LogP contribution in [0.15, 0.2) is 61.2 Å². The third-order valence-electron chi connectivity index (χ3n) is 4.03. The fourth-order valence-electron chi connectivity index (χ4n) is 2.60. The van der Waals surface area contributed by atoms with Crippen LogP contribution in [0.2, 0.25) is 5.02 Å². The van der Waals surface area contributed by atoms with Crippen LogP contribution in [-0.2, 0) is 11.2 Å². The van der Waals surface area contributed by atoms with Gasteiger partial charge in [-0.05, 0) is 42.7 Å². The van der Waals surface area contributed by atoms with Crippen molar-refractivity contribution in [2.45, 2.75) is 25.8 Å². The number of carbonyl (C=O) groups excluding carboxylic acids is 1. The van der Waals surface area contributed by atoms with Crippen molar-refractivity contribution in [1.82, 2.24) is 20.1 Å². The predicted octanol–water partition coefficient (Wildman–Crippen LogP) is 3.73. The molecule has 0 aliphatic carbocycles. The Morgan fingerprint density at radius 1 is 1.20 bits per heavy atom. The van der Waals surface area contributed by atoms with Gasteiger partial charge in [0.05, 0.1) is 11.7 Å². The van der Waals surface area contributed by atoms with Crippen molar-refractivity contribution in [2.24, 2.45) is 0 Å². The Kier molecular flexibility index (Phi) is 5.46. The van der Waals surface area contributed by atoms with E-state index in [9.17, 15) is 4.79 Å². The summed E-state index contributed by atoms with van der Waals surface area (Å²) in [7, 11) is 0. The molecule has 0 bridgehead atoms. The van der Waals surface area contributed by atoms with Gasteiger partial charge in [-0.25, -0.2) is 9.67 Å². The van der Waals surface area contributed by atoms with E-state index in [2.05, 4.69) is 15.4 Å². The number of hydrogen-bond donors (Lipinski definition) is 1. The van der Waals surface area contributed by atoms with Crippen molar-refractivity contribution >= 4 is 17.5 Å². The average molecular weight is 355 g/mol. The second-order valence-electron chi connectivity index (χ2n) is 5.81. The Morgan fingerprint density at radius 2 is 1.96 bits per heavy atom. The highest BCUT2D eigenvalue weighted by Crippen LogP contribution is 2.18. The first kappa shape index (κ1) is 17.2. The van der Waals surface area contributed by atoms with Crippen molar-refractivity contribution in [2.75, 3.05) is 0 Å². The molecular formula is C19H19ClN4O. The van der Waals surface area contributed by atoms with Crippen LogP contribution in [0.4, 0.5) is 0 Å². The van der Waals surface area contributed by atoms with Crippen LogP contribution >= 0.6 is 11.6 Å². The maximum atomic E-state index is 12.2. The van der Waals surface area contributed by atoms with Gasteiger partial charge in [0.15, 0.2) is 0 Å². The van der Waals surface area contributed by atoms with E-state index in [-0.39, 0.29) is 11.9 Å². The zero-order chi connectivity index (χ0) is 17.6. The van der Waals surface area contributed by atoms with Crippen LogP contribution in [0, 0.1) is 0 Å². The van der Waals surface area contributed by atoms with Gasteiger partial charge in [-0.3, -0.25) is 4.79 Å². The van der Waals surface area contributed by atoms with E-state index < -0.39 is 0 Å². The summed E-state index contributed by atoms with van der Waals surface area (Å²) in [5, 5.41) is 7.82. The van der Waals surface area contributed by atoms with E-state index in [0.29, 0.717) is 17.9 Å². The van der Waals surface area contributed by atoms with Crippen molar-refractivity contribution in [3.05, 3.63) is 77.3 Å². The number of hydrogen-bond acceptors (Lipinski definition) is 3. The van der Waals surface area contributed by atoms with Gasteiger partial charge < -0.3 is 5.32 Å². The first-order valence-corrected chi connectivity index (χ1v) is 8.49. The summed E-state index contributed by atoms with van der Waals surface area (Å²) >= 11 is 6.12. The van der Waals surface area contributed by atoms with E-state index in [4.69, 9.17) is 11.6 Å². The standard InChI is InChI=1S/C19H19ClN4O/c1-14(15-6-9-17(10-7-15)24-13-21-12-22-24)23-19(25)11-8-16-4-2-3-5-18(16)20/h2-7,9-10,12-14H,8,11H2,1H3,(H,23,25)/t14-/m1/s1. The van der Waals surface area contributed by atoms with Crippen molar-refractivity contribution < 1.29 is 4.79 Å². The summed E-state index contributed by atoms with van der Waals surface area (Å²) < 4.78 is 1.69. The summed E-state index contributed by atoms with van der Waals surface area (Å²) in [5.41, 5.74) is 2.96. The molecule has 0 aliphatic heterocycles. The first-order chi connectivity index (χ1) is 12.1. The molecule has 0 saturated heterocycles. The van der Waals surface area contributed by atoms with Crippen LogP contribution in [0.25, 0.3) is 5.69 Å². The molecule has 1 atom stereocenters. The quantitative estimate of drug-likeness (QED) is 0.733. The number of aromatic nitrogens is 3. The fraction of sp³-hybridized carbons (Fsp3) is 0.211. The van der Waals surface area contributed by atoms with E-state index in [1.165, 1.54) is 6.33 Å². The van der Waals surface area contributed by atoms with Crippen LogP contribution in [-0.4, -0.2) is 20.7 Å². The first-order valence-electron chi connectivity index (χ1n) is 8.11. The lowest BCUT2D eigenvalue weighted by Crippen LogP contribution is -2.26. The monoisotopic (exact) mass is 354 g/mol. The highest BCUT2D eigenvalue weighted by atomic mass is 35.5. The molecule has 1 amide bonds. The van der Waals surface area contributed by atoms with E-state index in [1.54, 1.807) is 11.0 Å². The van der Waals surface area contributed by atoms with E-state index >= 15 is 0 Å². The van der Waals surface area contributed by atoms with Crippen LogP contribution in [0.1, 0.15) is 30.5 Å². The van der Waals surface area contributed by atoms with Crippen molar-refractivity contribution in [1.29, 1.82) is 0 Å².